The summed E-state index contributed by atoms with van der Waals surface area (Å²) in [6.45, 7) is 8.12. The fourth-order valence-electron chi connectivity index (χ4n) is 4.59. The molecule has 5 rings (SSSR count). The second-order valence-electron chi connectivity index (χ2n) is 8.92. The predicted octanol–water partition coefficient (Wildman–Crippen LogP) is 2.45. The highest BCUT2D eigenvalue weighted by atomic mass is 16.5. The van der Waals surface area contributed by atoms with Gasteiger partial charge in [-0.25, -0.2) is 19.7 Å². The molecule has 188 valence electrons. The van der Waals surface area contributed by atoms with Crippen molar-refractivity contribution in [3.05, 3.63) is 47.8 Å². The summed E-state index contributed by atoms with van der Waals surface area (Å²) in [6.07, 6.45) is 2.48. The van der Waals surface area contributed by atoms with E-state index in [2.05, 4.69) is 37.3 Å². The first-order valence-corrected chi connectivity index (χ1v) is 12.2. The van der Waals surface area contributed by atoms with Crippen LogP contribution >= 0.6 is 0 Å². The number of anilines is 4. The zero-order chi connectivity index (χ0) is 25.1. The fraction of sp³-hybridized carbons (Fsp3) is 0.400. The molecule has 1 atom stereocenters. The van der Waals surface area contributed by atoms with Gasteiger partial charge in [-0.15, -0.1) is 0 Å². The maximum atomic E-state index is 11.9. The Balaban J connectivity index is 1.50. The number of ether oxygens (including phenoxy) is 1. The van der Waals surface area contributed by atoms with Crippen LogP contribution in [0.2, 0.25) is 0 Å². The summed E-state index contributed by atoms with van der Waals surface area (Å²) in [4.78, 5) is 34.8. The first-order chi connectivity index (χ1) is 17.5. The van der Waals surface area contributed by atoms with E-state index in [0.29, 0.717) is 37.8 Å². The molecule has 11 heteroatoms. The number of hydrogen-bond donors (Lipinski definition) is 3. The summed E-state index contributed by atoms with van der Waals surface area (Å²) in [5, 5.41) is 5.56. The number of carbonyl (C=O) groups excluding carboxylic acids is 1. The first kappa shape index (κ1) is 23.7. The molecule has 0 radical (unpaired) electrons. The molecule has 0 unspecified atom stereocenters. The Morgan fingerprint density at radius 3 is 2.75 bits per heavy atom. The van der Waals surface area contributed by atoms with Gasteiger partial charge in [0.1, 0.15) is 11.6 Å². The number of nitrogen functional groups attached to an aromatic ring is 1. The van der Waals surface area contributed by atoms with Crippen molar-refractivity contribution in [3.63, 3.8) is 0 Å². The van der Waals surface area contributed by atoms with Gasteiger partial charge in [0.15, 0.2) is 5.82 Å². The predicted molar refractivity (Wildman–Crippen MR) is 139 cm³/mol. The van der Waals surface area contributed by atoms with E-state index in [1.807, 2.05) is 37.3 Å². The number of benzene rings is 1. The van der Waals surface area contributed by atoms with Crippen molar-refractivity contribution in [1.29, 1.82) is 0 Å². The van der Waals surface area contributed by atoms with Crippen molar-refractivity contribution in [2.45, 2.75) is 32.9 Å². The van der Waals surface area contributed by atoms with Crippen LogP contribution in [0, 0.1) is 0 Å². The van der Waals surface area contributed by atoms with Gasteiger partial charge in [-0.2, -0.15) is 4.98 Å². The number of nitrogens with zero attached hydrogens (tertiary/aromatic N) is 6. The zero-order valence-electron chi connectivity index (χ0n) is 20.6. The van der Waals surface area contributed by atoms with Gasteiger partial charge in [-0.05, 0) is 50.6 Å². The van der Waals surface area contributed by atoms with Crippen molar-refractivity contribution >= 4 is 29.3 Å². The van der Waals surface area contributed by atoms with Gasteiger partial charge in [-0.3, -0.25) is 0 Å². The van der Waals surface area contributed by atoms with Gasteiger partial charge in [0.25, 0.3) is 0 Å². The van der Waals surface area contributed by atoms with Crippen LogP contribution < -0.4 is 26.2 Å². The minimum Gasteiger partial charge on any atom is -0.377 e. The van der Waals surface area contributed by atoms with Gasteiger partial charge in [0, 0.05) is 42.6 Å². The topological polar surface area (TPSA) is 134 Å². The van der Waals surface area contributed by atoms with E-state index < -0.39 is 0 Å². The molecular formula is C25H31N9O2. The Kier molecular flexibility index (Phi) is 6.81. The van der Waals surface area contributed by atoms with Crippen LogP contribution in [0.15, 0.2) is 36.5 Å². The number of morpholine rings is 1. The highest BCUT2D eigenvalue weighted by molar-refractivity contribution is 5.89. The number of carbonyl (C=O) groups is 1. The minimum atomic E-state index is -0.232. The summed E-state index contributed by atoms with van der Waals surface area (Å²) in [6, 6.07) is 9.44. The van der Waals surface area contributed by atoms with Gasteiger partial charge in [-0.1, -0.05) is 0 Å². The van der Waals surface area contributed by atoms with Gasteiger partial charge in [0.2, 0.25) is 5.95 Å². The largest absolute Gasteiger partial charge is 0.377 e. The summed E-state index contributed by atoms with van der Waals surface area (Å²) in [7, 11) is 0. The van der Waals surface area contributed by atoms with Crippen LogP contribution in [-0.2, 0) is 17.7 Å². The standard InChI is InChI=1S/C25H31N9O2/c1-3-27-25(35)29-18-6-4-17(5-7-18)22-30-20-14-33(21-8-10-28-24(26)31-21)11-9-19(20)23(32-22)34-12-13-36-15-16(34)2/h4-8,10,16H,3,9,11-15H2,1-2H3,(H2,26,28,31)(H2,27,29,35)/t16-/m0/s1. The molecule has 1 fully saturated rings. The summed E-state index contributed by atoms with van der Waals surface area (Å²) < 4.78 is 5.68. The van der Waals surface area contributed by atoms with Gasteiger partial charge in [0.05, 0.1) is 31.5 Å². The second-order valence-corrected chi connectivity index (χ2v) is 8.92. The van der Waals surface area contributed by atoms with E-state index in [-0.39, 0.29) is 18.0 Å². The quantitative estimate of drug-likeness (QED) is 0.494. The Bertz CT molecular complexity index is 1230. The first-order valence-electron chi connectivity index (χ1n) is 12.2. The normalized spacial score (nSPS) is 17.4. The molecule has 2 aromatic heterocycles. The number of hydrogen-bond acceptors (Lipinski definition) is 9. The third-order valence-electron chi connectivity index (χ3n) is 6.40. The lowest BCUT2D eigenvalue weighted by molar-refractivity contribution is 0.0984. The molecule has 2 aliphatic rings. The lowest BCUT2D eigenvalue weighted by Crippen LogP contribution is -2.45. The molecular weight excluding hydrogens is 458 g/mol. The monoisotopic (exact) mass is 489 g/mol. The summed E-state index contributed by atoms with van der Waals surface area (Å²) in [5.74, 6) is 2.66. The number of urea groups is 1. The van der Waals surface area contributed by atoms with Gasteiger partial charge >= 0.3 is 6.03 Å². The molecule has 0 saturated carbocycles. The molecule has 1 aromatic carbocycles. The highest BCUT2D eigenvalue weighted by Crippen LogP contribution is 2.32. The molecule has 36 heavy (non-hydrogen) atoms. The summed E-state index contributed by atoms with van der Waals surface area (Å²) in [5.41, 5.74) is 9.56. The third-order valence-corrected chi connectivity index (χ3v) is 6.40. The van der Waals surface area contributed by atoms with Crippen molar-refractivity contribution in [2.75, 3.05) is 53.7 Å². The van der Waals surface area contributed by atoms with Crippen LogP contribution in [0.25, 0.3) is 11.4 Å². The SMILES string of the molecule is CCNC(=O)Nc1ccc(-c2nc3c(c(N4CCOC[C@@H]4C)n2)CCN(c2ccnc(N)n2)C3)cc1. The third kappa shape index (κ3) is 5.01. The molecule has 11 nitrogen and oxygen atoms in total. The Morgan fingerprint density at radius 2 is 2.00 bits per heavy atom. The van der Waals surface area contributed by atoms with Crippen molar-refractivity contribution < 1.29 is 9.53 Å². The maximum Gasteiger partial charge on any atom is 0.319 e. The minimum absolute atomic E-state index is 0.217. The van der Waals surface area contributed by atoms with Crippen LogP contribution in [0.5, 0.6) is 0 Å². The molecule has 3 aromatic rings. The number of fused-ring (bicyclic) bond motifs is 1. The van der Waals surface area contributed by atoms with Crippen molar-refractivity contribution in [1.82, 2.24) is 25.3 Å². The Labute approximate surface area is 210 Å². The van der Waals surface area contributed by atoms with Crippen molar-refractivity contribution in [2.24, 2.45) is 0 Å². The number of amides is 2. The molecule has 0 aliphatic carbocycles. The van der Waals surface area contributed by atoms with E-state index in [9.17, 15) is 4.79 Å². The van der Waals surface area contributed by atoms with E-state index in [4.69, 9.17) is 20.4 Å². The number of nitrogens with one attached hydrogen (secondary N) is 2. The van der Waals surface area contributed by atoms with Crippen molar-refractivity contribution in [3.8, 4) is 11.4 Å². The molecule has 1 saturated heterocycles. The maximum absolute atomic E-state index is 11.9. The molecule has 4 heterocycles. The molecule has 4 N–H and O–H groups in total. The Morgan fingerprint density at radius 1 is 1.17 bits per heavy atom. The molecule has 0 bridgehead atoms. The summed E-state index contributed by atoms with van der Waals surface area (Å²) >= 11 is 0. The van der Waals surface area contributed by atoms with E-state index in [1.165, 1.54) is 5.56 Å². The fourth-order valence-corrected chi connectivity index (χ4v) is 4.59. The molecule has 2 aliphatic heterocycles. The van der Waals surface area contributed by atoms with Crippen LogP contribution in [0.3, 0.4) is 0 Å². The molecule has 0 spiro atoms. The van der Waals surface area contributed by atoms with E-state index in [1.54, 1.807) is 6.20 Å². The van der Waals surface area contributed by atoms with Crippen LogP contribution in [-0.4, -0.2) is 64.9 Å². The van der Waals surface area contributed by atoms with Crippen LogP contribution in [0.1, 0.15) is 25.1 Å². The number of aromatic nitrogens is 4. The lowest BCUT2D eigenvalue weighted by Gasteiger charge is -2.38. The van der Waals surface area contributed by atoms with Crippen LogP contribution in [0.4, 0.5) is 28.1 Å². The zero-order valence-corrected chi connectivity index (χ0v) is 20.6. The lowest BCUT2D eigenvalue weighted by atomic mass is 10.0. The van der Waals surface area contributed by atoms with E-state index in [0.717, 1.165) is 42.4 Å². The van der Waals surface area contributed by atoms with E-state index >= 15 is 0 Å². The molecule has 2 amide bonds. The number of nitrogens with two attached hydrogens (primary N) is 1. The highest BCUT2D eigenvalue weighted by Gasteiger charge is 2.29. The number of rotatable bonds is 5. The average molecular weight is 490 g/mol. The smallest absolute Gasteiger partial charge is 0.319 e. The van der Waals surface area contributed by atoms with Gasteiger partial charge < -0.3 is 30.9 Å². The Hall–Kier alpha value is -3.99. The average Bonchev–Trinajstić information content (AvgIpc) is 2.88. The second kappa shape index (κ2) is 10.3.